The first kappa shape index (κ1) is 15.3. The topological polar surface area (TPSA) is 49.8 Å². The van der Waals surface area contributed by atoms with E-state index >= 15 is 0 Å². The molecule has 0 bridgehead atoms. The smallest absolute Gasteiger partial charge is 0.339 e. The number of carbonyl (C=O) groups excluding carboxylic acids is 1. The molecule has 1 heterocycles. The molecule has 1 fully saturated rings. The van der Waals surface area contributed by atoms with Gasteiger partial charge < -0.3 is 14.7 Å². The summed E-state index contributed by atoms with van der Waals surface area (Å²) in [4.78, 5) is 14.4. The van der Waals surface area contributed by atoms with Gasteiger partial charge in [0.15, 0.2) is 6.10 Å². The van der Waals surface area contributed by atoms with E-state index in [1.165, 1.54) is 5.57 Å². The third kappa shape index (κ3) is 3.23. The van der Waals surface area contributed by atoms with E-state index in [0.717, 1.165) is 44.3 Å². The SMILES string of the molecule is CN1CC[C@@H](OC(=O)C(O)c2ccccc2C2=CCCC2)C1. The molecule has 0 amide bonds. The molecule has 0 spiro atoms. The van der Waals surface area contributed by atoms with Crippen LogP contribution in [-0.2, 0) is 9.53 Å². The van der Waals surface area contributed by atoms with Crippen molar-refractivity contribution >= 4 is 11.5 Å². The van der Waals surface area contributed by atoms with E-state index in [-0.39, 0.29) is 6.10 Å². The molecule has 1 aliphatic carbocycles. The average Bonchev–Trinajstić information content (AvgIpc) is 3.18. The summed E-state index contributed by atoms with van der Waals surface area (Å²) in [7, 11) is 2.01. The van der Waals surface area contributed by atoms with Crippen LogP contribution in [0.3, 0.4) is 0 Å². The number of aliphatic hydroxyl groups excluding tert-OH is 1. The first-order valence-electron chi connectivity index (χ1n) is 8.00. The summed E-state index contributed by atoms with van der Waals surface area (Å²) >= 11 is 0. The van der Waals surface area contributed by atoms with Crippen molar-refractivity contribution in [2.45, 2.75) is 37.9 Å². The molecule has 1 aromatic carbocycles. The third-order valence-corrected chi connectivity index (χ3v) is 4.50. The van der Waals surface area contributed by atoms with E-state index in [2.05, 4.69) is 11.0 Å². The molecule has 4 nitrogen and oxygen atoms in total. The van der Waals surface area contributed by atoms with Crippen molar-refractivity contribution in [3.05, 3.63) is 41.5 Å². The van der Waals surface area contributed by atoms with Gasteiger partial charge in [0.1, 0.15) is 6.10 Å². The van der Waals surface area contributed by atoms with E-state index < -0.39 is 12.1 Å². The second kappa shape index (κ2) is 6.63. The van der Waals surface area contributed by atoms with Crippen molar-refractivity contribution in [2.24, 2.45) is 0 Å². The number of nitrogens with zero attached hydrogens (tertiary/aromatic N) is 1. The van der Waals surface area contributed by atoms with E-state index in [0.29, 0.717) is 5.56 Å². The van der Waals surface area contributed by atoms with Gasteiger partial charge in [-0.2, -0.15) is 0 Å². The van der Waals surface area contributed by atoms with Gasteiger partial charge in [-0.25, -0.2) is 4.79 Å². The summed E-state index contributed by atoms with van der Waals surface area (Å²) in [5.74, 6) is -0.536. The molecule has 1 N–H and O–H groups in total. The van der Waals surface area contributed by atoms with E-state index in [1.807, 2.05) is 31.3 Å². The van der Waals surface area contributed by atoms with Crippen molar-refractivity contribution < 1.29 is 14.6 Å². The molecular formula is C18H23NO3. The summed E-state index contributed by atoms with van der Waals surface area (Å²) in [5.41, 5.74) is 2.86. The van der Waals surface area contributed by atoms with Crippen molar-refractivity contribution in [3.63, 3.8) is 0 Å². The number of likely N-dealkylation sites (tertiary alicyclic amines) is 1. The first-order valence-corrected chi connectivity index (χ1v) is 8.00. The molecule has 0 aromatic heterocycles. The lowest BCUT2D eigenvalue weighted by atomic mass is 9.95. The fraction of sp³-hybridized carbons (Fsp3) is 0.500. The van der Waals surface area contributed by atoms with Crippen LogP contribution in [-0.4, -0.2) is 42.2 Å². The zero-order chi connectivity index (χ0) is 15.5. The summed E-state index contributed by atoms with van der Waals surface area (Å²) in [6.45, 7) is 1.67. The number of hydrogen-bond acceptors (Lipinski definition) is 4. The minimum atomic E-state index is -1.20. The summed E-state index contributed by atoms with van der Waals surface area (Å²) < 4.78 is 5.47. The van der Waals surface area contributed by atoms with Crippen LogP contribution < -0.4 is 0 Å². The Kier molecular flexibility index (Phi) is 4.60. The maximum absolute atomic E-state index is 12.3. The molecule has 2 atom stereocenters. The van der Waals surface area contributed by atoms with Gasteiger partial charge in [0.2, 0.25) is 0 Å². The Balaban J connectivity index is 1.74. The highest BCUT2D eigenvalue weighted by Gasteiger charge is 2.28. The number of carbonyl (C=O) groups is 1. The standard InChI is InChI=1S/C18H23NO3/c1-19-11-10-14(12-19)22-18(21)17(20)16-9-5-4-8-15(16)13-6-2-3-7-13/h4-6,8-9,14,17,20H,2-3,7,10-12H2,1H3/t14-,17?/m1/s1. The van der Waals surface area contributed by atoms with Crippen LogP contribution in [0, 0.1) is 0 Å². The minimum Gasteiger partial charge on any atom is -0.459 e. The second-order valence-corrected chi connectivity index (χ2v) is 6.22. The zero-order valence-electron chi connectivity index (χ0n) is 13.0. The number of rotatable bonds is 4. The van der Waals surface area contributed by atoms with Gasteiger partial charge in [-0.05, 0) is 49.4 Å². The molecule has 1 saturated heterocycles. The maximum atomic E-state index is 12.3. The van der Waals surface area contributed by atoms with Gasteiger partial charge in [0.25, 0.3) is 0 Å². The van der Waals surface area contributed by atoms with Gasteiger partial charge in [0, 0.05) is 13.1 Å². The van der Waals surface area contributed by atoms with Crippen molar-refractivity contribution in [2.75, 3.05) is 20.1 Å². The average molecular weight is 301 g/mol. The van der Waals surface area contributed by atoms with E-state index in [1.54, 1.807) is 0 Å². The molecule has 2 aliphatic rings. The van der Waals surface area contributed by atoms with E-state index in [9.17, 15) is 9.90 Å². The summed E-state index contributed by atoms with van der Waals surface area (Å²) in [6.07, 6.45) is 4.93. The largest absolute Gasteiger partial charge is 0.459 e. The first-order chi connectivity index (χ1) is 10.6. The lowest BCUT2D eigenvalue weighted by molar-refractivity contribution is -0.158. The van der Waals surface area contributed by atoms with Crippen LogP contribution in [0.4, 0.5) is 0 Å². The highest BCUT2D eigenvalue weighted by atomic mass is 16.6. The number of ether oxygens (including phenoxy) is 1. The highest BCUT2D eigenvalue weighted by Crippen LogP contribution is 2.33. The van der Waals surface area contributed by atoms with Crippen LogP contribution in [0.25, 0.3) is 5.57 Å². The normalized spacial score (nSPS) is 23.4. The highest BCUT2D eigenvalue weighted by molar-refractivity contribution is 5.80. The predicted molar refractivity (Wildman–Crippen MR) is 85.2 cm³/mol. The quantitative estimate of drug-likeness (QED) is 0.868. The Labute approximate surface area is 131 Å². The number of esters is 1. The number of benzene rings is 1. The molecule has 118 valence electrons. The van der Waals surface area contributed by atoms with Crippen LogP contribution in [0.2, 0.25) is 0 Å². The maximum Gasteiger partial charge on any atom is 0.339 e. The number of allylic oxidation sites excluding steroid dienone is 2. The molecule has 4 heteroatoms. The van der Waals surface area contributed by atoms with Crippen LogP contribution >= 0.6 is 0 Å². The lowest BCUT2D eigenvalue weighted by Gasteiger charge is -2.18. The van der Waals surface area contributed by atoms with Gasteiger partial charge in [0.05, 0.1) is 0 Å². The Morgan fingerprint density at radius 2 is 2.23 bits per heavy atom. The van der Waals surface area contributed by atoms with Gasteiger partial charge in [-0.1, -0.05) is 30.3 Å². The Bertz CT molecular complexity index is 581. The number of hydrogen-bond donors (Lipinski definition) is 1. The van der Waals surface area contributed by atoms with Crippen LogP contribution in [0.15, 0.2) is 30.3 Å². The fourth-order valence-electron chi connectivity index (χ4n) is 3.29. The fourth-order valence-corrected chi connectivity index (χ4v) is 3.29. The Morgan fingerprint density at radius 1 is 1.41 bits per heavy atom. The van der Waals surface area contributed by atoms with Crippen molar-refractivity contribution in [1.29, 1.82) is 0 Å². The summed E-state index contributed by atoms with van der Waals surface area (Å²) in [5, 5.41) is 10.4. The number of likely N-dealkylation sites (N-methyl/N-ethyl adjacent to an activating group) is 1. The molecule has 3 rings (SSSR count). The molecular weight excluding hydrogens is 278 g/mol. The van der Waals surface area contributed by atoms with Gasteiger partial charge >= 0.3 is 5.97 Å². The van der Waals surface area contributed by atoms with E-state index in [4.69, 9.17) is 4.74 Å². The second-order valence-electron chi connectivity index (χ2n) is 6.22. The predicted octanol–water partition coefficient (Wildman–Crippen LogP) is 2.53. The van der Waals surface area contributed by atoms with Crippen LogP contribution in [0.1, 0.15) is 42.9 Å². The third-order valence-electron chi connectivity index (χ3n) is 4.50. The molecule has 1 aromatic rings. The Morgan fingerprint density at radius 3 is 2.91 bits per heavy atom. The van der Waals surface area contributed by atoms with Gasteiger partial charge in [-0.3, -0.25) is 0 Å². The number of aliphatic hydroxyl groups is 1. The molecule has 1 aliphatic heterocycles. The van der Waals surface area contributed by atoms with Crippen molar-refractivity contribution in [3.8, 4) is 0 Å². The molecule has 0 radical (unpaired) electrons. The summed E-state index contributed by atoms with van der Waals surface area (Å²) in [6, 6.07) is 7.60. The lowest BCUT2D eigenvalue weighted by Crippen LogP contribution is -2.26. The molecule has 22 heavy (non-hydrogen) atoms. The minimum absolute atomic E-state index is 0.106. The Hall–Kier alpha value is -1.65. The van der Waals surface area contributed by atoms with Gasteiger partial charge in [-0.15, -0.1) is 0 Å². The van der Waals surface area contributed by atoms with Crippen LogP contribution in [0.5, 0.6) is 0 Å². The van der Waals surface area contributed by atoms with Crippen molar-refractivity contribution in [1.82, 2.24) is 4.90 Å². The molecule has 0 saturated carbocycles. The molecule has 1 unspecified atom stereocenters. The monoisotopic (exact) mass is 301 g/mol. The zero-order valence-corrected chi connectivity index (χ0v) is 13.0.